The molecule has 30 heavy (non-hydrogen) atoms. The van der Waals surface area contributed by atoms with Gasteiger partial charge in [0.1, 0.15) is 17.3 Å². The van der Waals surface area contributed by atoms with Gasteiger partial charge in [0.2, 0.25) is 0 Å². The monoisotopic (exact) mass is 405 g/mol. The molecule has 8 nitrogen and oxygen atoms in total. The van der Waals surface area contributed by atoms with E-state index in [9.17, 15) is 18.8 Å². The molecule has 1 amide bonds. The first-order valence-corrected chi connectivity index (χ1v) is 8.98. The van der Waals surface area contributed by atoms with Crippen LogP contribution < -0.4 is 16.4 Å². The average molecular weight is 405 g/mol. The summed E-state index contributed by atoms with van der Waals surface area (Å²) >= 11 is 0. The summed E-state index contributed by atoms with van der Waals surface area (Å²) in [6.07, 6.45) is 0. The quantitative estimate of drug-likeness (QED) is 0.544. The number of amides is 1. The van der Waals surface area contributed by atoms with Gasteiger partial charge in [-0.05, 0) is 37.3 Å². The molecular formula is C21H16FN5O3. The Hall–Kier alpha value is -4.27. The Labute approximate surface area is 169 Å². The van der Waals surface area contributed by atoms with Gasteiger partial charge in [-0.3, -0.25) is 19.5 Å². The maximum Gasteiger partial charge on any atom is 0.269 e. The number of aromatic nitrogens is 4. The smallest absolute Gasteiger partial charge is 0.269 e. The van der Waals surface area contributed by atoms with E-state index in [4.69, 9.17) is 0 Å². The topological polar surface area (TPSA) is 102 Å². The fraction of sp³-hybridized carbons (Fsp3) is 0.0476. The van der Waals surface area contributed by atoms with Gasteiger partial charge >= 0.3 is 0 Å². The maximum atomic E-state index is 14.2. The van der Waals surface area contributed by atoms with Crippen molar-refractivity contribution in [2.24, 2.45) is 0 Å². The Morgan fingerprint density at radius 1 is 1.03 bits per heavy atom. The number of anilines is 1. The van der Waals surface area contributed by atoms with Crippen molar-refractivity contribution in [1.82, 2.24) is 19.6 Å². The number of rotatable bonds is 4. The molecule has 0 radical (unpaired) electrons. The van der Waals surface area contributed by atoms with Crippen LogP contribution in [0.25, 0.3) is 11.4 Å². The molecule has 4 aromatic rings. The minimum absolute atomic E-state index is 0.197. The summed E-state index contributed by atoms with van der Waals surface area (Å²) in [6.45, 7) is 1.73. The summed E-state index contributed by atoms with van der Waals surface area (Å²) in [5.74, 6) is -0.676. The van der Waals surface area contributed by atoms with Crippen molar-refractivity contribution in [2.45, 2.75) is 6.92 Å². The molecule has 2 heterocycles. The van der Waals surface area contributed by atoms with Crippen LogP contribution in [-0.2, 0) is 0 Å². The number of para-hydroxylation sites is 1. The van der Waals surface area contributed by atoms with E-state index in [1.165, 1.54) is 16.8 Å². The summed E-state index contributed by atoms with van der Waals surface area (Å²) < 4.78 is 16.6. The predicted molar refractivity (Wildman–Crippen MR) is 109 cm³/mol. The van der Waals surface area contributed by atoms with Crippen LogP contribution in [0.5, 0.6) is 0 Å². The highest BCUT2D eigenvalue weighted by atomic mass is 19.1. The number of halogens is 1. The Kier molecular flexibility index (Phi) is 4.85. The fourth-order valence-corrected chi connectivity index (χ4v) is 2.99. The zero-order valence-corrected chi connectivity index (χ0v) is 15.8. The van der Waals surface area contributed by atoms with Crippen LogP contribution in [0.2, 0.25) is 0 Å². The van der Waals surface area contributed by atoms with Crippen molar-refractivity contribution in [1.29, 1.82) is 0 Å². The highest BCUT2D eigenvalue weighted by Crippen LogP contribution is 2.20. The first-order valence-electron chi connectivity index (χ1n) is 8.98. The molecule has 0 saturated heterocycles. The van der Waals surface area contributed by atoms with Crippen LogP contribution in [0, 0.1) is 12.7 Å². The molecule has 0 aliphatic heterocycles. The van der Waals surface area contributed by atoms with Crippen molar-refractivity contribution < 1.29 is 9.18 Å². The molecule has 2 aromatic heterocycles. The second kappa shape index (κ2) is 7.63. The minimum Gasteiger partial charge on any atom is -0.306 e. The molecule has 0 bridgehead atoms. The second-order valence-electron chi connectivity index (χ2n) is 6.52. The Morgan fingerprint density at radius 2 is 1.83 bits per heavy atom. The van der Waals surface area contributed by atoms with E-state index in [0.29, 0.717) is 17.2 Å². The number of carbonyl (C=O) groups is 1. The van der Waals surface area contributed by atoms with Gasteiger partial charge in [-0.1, -0.05) is 18.2 Å². The highest BCUT2D eigenvalue weighted by molar-refractivity contribution is 6.04. The lowest BCUT2D eigenvalue weighted by Gasteiger charge is -2.11. The van der Waals surface area contributed by atoms with E-state index < -0.39 is 22.8 Å². The van der Waals surface area contributed by atoms with Gasteiger partial charge in [-0.15, -0.1) is 0 Å². The fourth-order valence-electron chi connectivity index (χ4n) is 2.99. The molecule has 2 aromatic carbocycles. The number of hydrogen-bond donors (Lipinski definition) is 2. The van der Waals surface area contributed by atoms with E-state index in [1.54, 1.807) is 49.4 Å². The number of benzene rings is 2. The zero-order chi connectivity index (χ0) is 21.3. The summed E-state index contributed by atoms with van der Waals surface area (Å²) in [6, 6.07) is 16.2. The molecule has 0 aliphatic carbocycles. The third-order valence-corrected chi connectivity index (χ3v) is 4.34. The number of nitrogens with zero attached hydrogens (tertiary/aromatic N) is 3. The molecule has 4 rings (SSSR count). The normalized spacial score (nSPS) is 10.7. The van der Waals surface area contributed by atoms with Crippen LogP contribution in [-0.4, -0.2) is 25.5 Å². The predicted octanol–water partition coefficient (Wildman–Crippen LogP) is 2.41. The van der Waals surface area contributed by atoms with Crippen molar-refractivity contribution in [3.05, 3.63) is 105 Å². The summed E-state index contributed by atoms with van der Waals surface area (Å²) in [5, 5.41) is 9.37. The van der Waals surface area contributed by atoms with E-state index in [0.717, 1.165) is 16.8 Å². The van der Waals surface area contributed by atoms with Crippen LogP contribution in [0.4, 0.5) is 10.2 Å². The van der Waals surface area contributed by atoms with Crippen LogP contribution in [0.1, 0.15) is 16.1 Å². The Balaban J connectivity index is 1.68. The zero-order valence-electron chi connectivity index (χ0n) is 15.8. The maximum absolute atomic E-state index is 14.2. The van der Waals surface area contributed by atoms with E-state index in [2.05, 4.69) is 15.5 Å². The third-order valence-electron chi connectivity index (χ3n) is 4.34. The molecular weight excluding hydrogens is 389 g/mol. The van der Waals surface area contributed by atoms with Gasteiger partial charge in [0, 0.05) is 23.8 Å². The number of H-pyrrole nitrogens is 1. The van der Waals surface area contributed by atoms with Gasteiger partial charge in [0.15, 0.2) is 0 Å². The van der Waals surface area contributed by atoms with Crippen LogP contribution >= 0.6 is 0 Å². The SMILES string of the molecule is Cc1cc(NC(=O)c2cccc(-n3[nH]c(=O)ccc3=O)c2)n(-c2ccccc2F)n1. The number of aryl methyl sites for hydroxylation is 1. The molecule has 0 unspecified atom stereocenters. The van der Waals surface area contributed by atoms with Crippen molar-refractivity contribution in [3.8, 4) is 11.4 Å². The molecule has 2 N–H and O–H groups in total. The Morgan fingerprint density at radius 3 is 2.63 bits per heavy atom. The van der Waals surface area contributed by atoms with Gasteiger partial charge in [0.25, 0.3) is 17.0 Å². The second-order valence-corrected chi connectivity index (χ2v) is 6.52. The lowest BCUT2D eigenvalue weighted by atomic mass is 10.2. The van der Waals surface area contributed by atoms with E-state index in [1.807, 2.05) is 0 Å². The van der Waals surface area contributed by atoms with Crippen molar-refractivity contribution in [2.75, 3.05) is 5.32 Å². The molecule has 150 valence electrons. The summed E-state index contributed by atoms with van der Waals surface area (Å²) in [4.78, 5) is 36.4. The van der Waals surface area contributed by atoms with Crippen LogP contribution in [0.3, 0.4) is 0 Å². The number of carbonyl (C=O) groups excluding carboxylic acids is 1. The van der Waals surface area contributed by atoms with Crippen molar-refractivity contribution in [3.63, 3.8) is 0 Å². The summed E-state index contributed by atoms with van der Waals surface area (Å²) in [5.41, 5.74) is 0.458. The van der Waals surface area contributed by atoms with Crippen LogP contribution in [0.15, 0.2) is 76.3 Å². The third kappa shape index (κ3) is 3.68. The highest BCUT2D eigenvalue weighted by Gasteiger charge is 2.15. The number of aromatic amines is 1. The van der Waals surface area contributed by atoms with Crippen molar-refractivity contribution >= 4 is 11.7 Å². The lowest BCUT2D eigenvalue weighted by molar-refractivity contribution is 0.102. The summed E-state index contributed by atoms with van der Waals surface area (Å²) in [7, 11) is 0. The van der Waals surface area contributed by atoms with Gasteiger partial charge in [-0.2, -0.15) is 5.10 Å². The molecule has 0 aliphatic rings. The standard InChI is InChI=1S/C21H16FN5O3/c1-13-11-18(27(24-13)17-8-3-2-7-16(17)22)23-21(30)14-5-4-6-15(12-14)26-20(29)10-9-19(28)25-26/h2-12H,1H3,(H,23,30)(H,25,28). The molecule has 0 spiro atoms. The Bertz CT molecular complexity index is 1370. The number of nitrogens with one attached hydrogen (secondary N) is 2. The molecule has 0 fully saturated rings. The average Bonchev–Trinajstić information content (AvgIpc) is 3.10. The first-order chi connectivity index (χ1) is 14.4. The van der Waals surface area contributed by atoms with E-state index in [-0.39, 0.29) is 11.3 Å². The van der Waals surface area contributed by atoms with Gasteiger partial charge in [-0.25, -0.2) is 13.8 Å². The minimum atomic E-state index is -0.485. The molecule has 0 saturated carbocycles. The van der Waals surface area contributed by atoms with E-state index >= 15 is 0 Å². The van der Waals surface area contributed by atoms with Gasteiger partial charge in [0.05, 0.1) is 11.4 Å². The number of hydrogen-bond acceptors (Lipinski definition) is 4. The molecule has 0 atom stereocenters. The lowest BCUT2D eigenvalue weighted by Crippen LogP contribution is -2.26. The largest absolute Gasteiger partial charge is 0.306 e. The van der Waals surface area contributed by atoms with Gasteiger partial charge < -0.3 is 5.32 Å². The first kappa shape index (κ1) is 19.1. The molecule has 9 heteroatoms.